The number of hydrogen-bond acceptors (Lipinski definition) is 3. The Hall–Kier alpha value is -1.39. The van der Waals surface area contributed by atoms with Crippen LogP contribution >= 0.6 is 12.4 Å². The van der Waals surface area contributed by atoms with E-state index in [0.717, 1.165) is 25.9 Å². The summed E-state index contributed by atoms with van der Waals surface area (Å²) in [5, 5.41) is 6.28. The standard InChI is InChI=1S/C15H20N2O2.ClH/c1-2-14(18)11-5-7-12(8-6-11)15(19)17-13-4-3-9-16-10-13;/h5-8,13,16H,2-4,9-10H2,1H3,(H,17,19);1H/t13-;/m0./s1. The van der Waals surface area contributed by atoms with Gasteiger partial charge in [0.05, 0.1) is 0 Å². The number of halogens is 1. The molecule has 0 unspecified atom stereocenters. The summed E-state index contributed by atoms with van der Waals surface area (Å²) in [4.78, 5) is 23.5. The van der Waals surface area contributed by atoms with Crippen LogP contribution in [-0.2, 0) is 0 Å². The largest absolute Gasteiger partial charge is 0.348 e. The van der Waals surface area contributed by atoms with Crippen molar-refractivity contribution >= 4 is 24.1 Å². The zero-order valence-electron chi connectivity index (χ0n) is 11.6. The molecule has 1 heterocycles. The quantitative estimate of drug-likeness (QED) is 0.837. The van der Waals surface area contributed by atoms with E-state index in [1.807, 2.05) is 6.92 Å². The molecular weight excluding hydrogens is 276 g/mol. The maximum Gasteiger partial charge on any atom is 0.251 e. The second-order valence-electron chi connectivity index (χ2n) is 4.87. The van der Waals surface area contributed by atoms with E-state index in [1.54, 1.807) is 24.3 Å². The van der Waals surface area contributed by atoms with Gasteiger partial charge in [-0.05, 0) is 31.5 Å². The molecule has 1 atom stereocenters. The number of nitrogens with one attached hydrogen (secondary N) is 2. The van der Waals surface area contributed by atoms with E-state index in [1.165, 1.54) is 0 Å². The van der Waals surface area contributed by atoms with Gasteiger partial charge >= 0.3 is 0 Å². The van der Waals surface area contributed by atoms with Crippen LogP contribution in [0.5, 0.6) is 0 Å². The number of rotatable bonds is 4. The molecule has 0 aliphatic carbocycles. The minimum absolute atomic E-state index is 0. The number of Topliss-reactive ketones (excluding diaryl/α,β-unsaturated/α-hetero) is 1. The first-order chi connectivity index (χ1) is 9.20. The van der Waals surface area contributed by atoms with E-state index in [-0.39, 0.29) is 30.1 Å². The lowest BCUT2D eigenvalue weighted by atomic mass is 10.0. The Kier molecular flexibility index (Phi) is 6.68. The number of ketones is 1. The molecule has 4 nitrogen and oxygen atoms in total. The predicted molar refractivity (Wildman–Crippen MR) is 81.7 cm³/mol. The van der Waals surface area contributed by atoms with E-state index < -0.39 is 0 Å². The monoisotopic (exact) mass is 296 g/mol. The van der Waals surface area contributed by atoms with Crippen LogP contribution in [0.2, 0.25) is 0 Å². The fourth-order valence-corrected chi connectivity index (χ4v) is 2.26. The molecule has 2 N–H and O–H groups in total. The fraction of sp³-hybridized carbons (Fsp3) is 0.467. The van der Waals surface area contributed by atoms with Gasteiger partial charge < -0.3 is 10.6 Å². The van der Waals surface area contributed by atoms with Gasteiger partial charge in [-0.2, -0.15) is 0 Å². The molecule has 1 fully saturated rings. The van der Waals surface area contributed by atoms with E-state index in [0.29, 0.717) is 17.5 Å². The number of amides is 1. The van der Waals surface area contributed by atoms with Crippen molar-refractivity contribution in [3.63, 3.8) is 0 Å². The topological polar surface area (TPSA) is 58.2 Å². The van der Waals surface area contributed by atoms with Gasteiger partial charge in [0.15, 0.2) is 5.78 Å². The van der Waals surface area contributed by atoms with Crippen molar-refractivity contribution in [2.75, 3.05) is 13.1 Å². The van der Waals surface area contributed by atoms with Crippen LogP contribution in [0.3, 0.4) is 0 Å². The van der Waals surface area contributed by atoms with Gasteiger partial charge in [-0.25, -0.2) is 0 Å². The average Bonchev–Trinajstić information content (AvgIpc) is 2.47. The average molecular weight is 297 g/mol. The molecule has 1 saturated heterocycles. The first kappa shape index (κ1) is 16.7. The third-order valence-electron chi connectivity index (χ3n) is 3.42. The second-order valence-corrected chi connectivity index (χ2v) is 4.87. The van der Waals surface area contributed by atoms with Crippen molar-refractivity contribution in [2.24, 2.45) is 0 Å². The molecule has 1 aliphatic heterocycles. The van der Waals surface area contributed by atoms with E-state index in [4.69, 9.17) is 0 Å². The van der Waals surface area contributed by atoms with Crippen molar-refractivity contribution in [1.82, 2.24) is 10.6 Å². The minimum Gasteiger partial charge on any atom is -0.348 e. The van der Waals surface area contributed by atoms with Gasteiger partial charge in [0.2, 0.25) is 0 Å². The zero-order chi connectivity index (χ0) is 13.7. The van der Waals surface area contributed by atoms with Crippen LogP contribution < -0.4 is 10.6 Å². The lowest BCUT2D eigenvalue weighted by molar-refractivity contribution is 0.0928. The third-order valence-corrected chi connectivity index (χ3v) is 3.42. The van der Waals surface area contributed by atoms with Crippen LogP contribution in [0.4, 0.5) is 0 Å². The Morgan fingerprint density at radius 1 is 1.25 bits per heavy atom. The molecule has 1 aliphatic rings. The highest BCUT2D eigenvalue weighted by Crippen LogP contribution is 2.08. The van der Waals surface area contributed by atoms with Crippen LogP contribution in [0.15, 0.2) is 24.3 Å². The van der Waals surface area contributed by atoms with Gasteiger partial charge in [-0.1, -0.05) is 19.1 Å². The lowest BCUT2D eigenvalue weighted by Gasteiger charge is -2.23. The second kappa shape index (κ2) is 8.02. The predicted octanol–water partition coefficient (Wildman–Crippen LogP) is 2.18. The highest BCUT2D eigenvalue weighted by atomic mass is 35.5. The molecule has 2 rings (SSSR count). The number of hydrogen-bond donors (Lipinski definition) is 2. The maximum absolute atomic E-state index is 12.0. The summed E-state index contributed by atoms with van der Waals surface area (Å²) in [7, 11) is 0. The van der Waals surface area contributed by atoms with E-state index in [9.17, 15) is 9.59 Å². The lowest BCUT2D eigenvalue weighted by Crippen LogP contribution is -2.45. The SMILES string of the molecule is CCC(=O)c1ccc(C(=O)N[C@H]2CCCNC2)cc1.Cl. The number of carbonyl (C=O) groups is 2. The Labute approximate surface area is 125 Å². The highest BCUT2D eigenvalue weighted by Gasteiger charge is 2.16. The van der Waals surface area contributed by atoms with Gasteiger partial charge in [0.1, 0.15) is 0 Å². The summed E-state index contributed by atoms with van der Waals surface area (Å²) in [6, 6.07) is 7.08. The summed E-state index contributed by atoms with van der Waals surface area (Å²) in [5.41, 5.74) is 1.27. The highest BCUT2D eigenvalue weighted by molar-refractivity contribution is 5.98. The van der Waals surface area contributed by atoms with Crippen molar-refractivity contribution < 1.29 is 9.59 Å². The number of carbonyl (C=O) groups excluding carboxylic acids is 2. The molecule has 20 heavy (non-hydrogen) atoms. The Morgan fingerprint density at radius 3 is 2.45 bits per heavy atom. The summed E-state index contributed by atoms with van der Waals surface area (Å²) in [6.45, 7) is 3.69. The van der Waals surface area contributed by atoms with Gasteiger partial charge in [-0.3, -0.25) is 9.59 Å². The van der Waals surface area contributed by atoms with Crippen molar-refractivity contribution in [1.29, 1.82) is 0 Å². The Morgan fingerprint density at radius 2 is 1.90 bits per heavy atom. The van der Waals surface area contributed by atoms with Crippen molar-refractivity contribution in [2.45, 2.75) is 32.2 Å². The van der Waals surface area contributed by atoms with Gasteiger partial charge in [-0.15, -0.1) is 12.4 Å². The molecule has 0 bridgehead atoms. The number of benzene rings is 1. The summed E-state index contributed by atoms with van der Waals surface area (Å²) >= 11 is 0. The van der Waals surface area contributed by atoms with E-state index >= 15 is 0 Å². The molecule has 1 aromatic rings. The molecule has 0 radical (unpaired) electrons. The third kappa shape index (κ3) is 4.32. The molecule has 0 saturated carbocycles. The minimum atomic E-state index is -0.0656. The van der Waals surface area contributed by atoms with Gasteiger partial charge in [0, 0.05) is 30.1 Å². The molecule has 1 amide bonds. The smallest absolute Gasteiger partial charge is 0.251 e. The maximum atomic E-state index is 12.0. The van der Waals surface area contributed by atoms with E-state index in [2.05, 4.69) is 10.6 Å². The zero-order valence-corrected chi connectivity index (χ0v) is 12.5. The van der Waals surface area contributed by atoms with Crippen LogP contribution in [0.25, 0.3) is 0 Å². The Balaban J connectivity index is 0.00000200. The van der Waals surface area contributed by atoms with Crippen LogP contribution in [-0.4, -0.2) is 30.8 Å². The normalized spacial score (nSPS) is 17.9. The fourth-order valence-electron chi connectivity index (χ4n) is 2.26. The van der Waals surface area contributed by atoms with Crippen molar-refractivity contribution in [3.8, 4) is 0 Å². The summed E-state index contributed by atoms with van der Waals surface area (Å²) < 4.78 is 0. The molecule has 110 valence electrons. The molecule has 0 spiro atoms. The molecule has 1 aromatic carbocycles. The summed E-state index contributed by atoms with van der Waals surface area (Å²) in [5.74, 6) is 0.0348. The first-order valence-corrected chi connectivity index (χ1v) is 6.85. The molecule has 5 heteroatoms. The van der Waals surface area contributed by atoms with Crippen LogP contribution in [0.1, 0.15) is 46.9 Å². The molecular formula is C15H21ClN2O2. The van der Waals surface area contributed by atoms with Crippen molar-refractivity contribution in [3.05, 3.63) is 35.4 Å². The molecule has 0 aromatic heterocycles. The van der Waals surface area contributed by atoms with Crippen LogP contribution in [0, 0.1) is 0 Å². The van der Waals surface area contributed by atoms with Gasteiger partial charge in [0.25, 0.3) is 5.91 Å². The summed E-state index contributed by atoms with van der Waals surface area (Å²) in [6.07, 6.45) is 2.60. The Bertz CT molecular complexity index is 453. The number of piperidine rings is 1. The first-order valence-electron chi connectivity index (χ1n) is 6.85.